The quantitative estimate of drug-likeness (QED) is 0.600. The molecule has 3 N–H and O–H groups in total. The van der Waals surface area contributed by atoms with Crippen LogP contribution in [0, 0.1) is 0 Å². The number of methoxy groups -OCH3 is 1. The van der Waals surface area contributed by atoms with Crippen LogP contribution in [0.1, 0.15) is 6.42 Å². The van der Waals surface area contributed by atoms with Crippen molar-refractivity contribution in [1.29, 1.82) is 0 Å². The van der Waals surface area contributed by atoms with Gasteiger partial charge in [0.15, 0.2) is 0 Å². The third-order valence-electron chi connectivity index (χ3n) is 3.88. The zero-order valence-corrected chi connectivity index (χ0v) is 14.8. The average Bonchev–Trinajstić information content (AvgIpc) is 2.69. The third-order valence-corrected chi connectivity index (χ3v) is 3.88. The summed E-state index contributed by atoms with van der Waals surface area (Å²) >= 11 is 0. The number of nitrogens with zero attached hydrogens (tertiary/aromatic N) is 4. The summed E-state index contributed by atoms with van der Waals surface area (Å²) in [5.41, 5.74) is 0.853. The Morgan fingerprint density at radius 2 is 1.85 bits per heavy atom. The van der Waals surface area contributed by atoms with E-state index in [4.69, 9.17) is 14.6 Å². The normalized spacial score (nSPS) is 14.2. The van der Waals surface area contributed by atoms with Gasteiger partial charge in [0.2, 0.25) is 17.8 Å². The fourth-order valence-electron chi connectivity index (χ4n) is 2.49. The highest BCUT2D eigenvalue weighted by Gasteiger charge is 2.16. The van der Waals surface area contributed by atoms with Crippen LogP contribution in [-0.4, -0.2) is 66.6 Å². The summed E-state index contributed by atoms with van der Waals surface area (Å²) in [6.45, 7) is 3.49. The molecule has 0 atom stereocenters. The van der Waals surface area contributed by atoms with E-state index >= 15 is 0 Å². The minimum Gasteiger partial charge on any atom is -0.497 e. The van der Waals surface area contributed by atoms with Gasteiger partial charge in [-0.05, 0) is 30.7 Å². The van der Waals surface area contributed by atoms with Crippen LogP contribution in [0.25, 0.3) is 0 Å². The number of ether oxygens (including phenoxy) is 2. The van der Waals surface area contributed by atoms with Gasteiger partial charge in [-0.1, -0.05) is 0 Å². The Hall–Kier alpha value is -2.65. The van der Waals surface area contributed by atoms with Gasteiger partial charge in [-0.25, -0.2) is 0 Å². The van der Waals surface area contributed by atoms with Gasteiger partial charge in [0.05, 0.1) is 20.3 Å². The number of nitrogens with one attached hydrogen (secondary N) is 2. The maximum Gasteiger partial charge on any atom is 0.233 e. The molecule has 1 aliphatic heterocycles. The molecule has 1 aliphatic rings. The molecule has 1 aromatic carbocycles. The average molecular weight is 360 g/mol. The fraction of sp³-hybridized carbons (Fsp3) is 0.471. The summed E-state index contributed by atoms with van der Waals surface area (Å²) in [7, 11) is 1.63. The second kappa shape index (κ2) is 9.16. The summed E-state index contributed by atoms with van der Waals surface area (Å²) in [5.74, 6) is 2.32. The van der Waals surface area contributed by atoms with Crippen LogP contribution in [-0.2, 0) is 4.74 Å². The van der Waals surface area contributed by atoms with E-state index < -0.39 is 0 Å². The highest BCUT2D eigenvalue weighted by atomic mass is 16.5. The molecule has 0 saturated carbocycles. The minimum absolute atomic E-state index is 0.116. The number of morpholine rings is 1. The van der Waals surface area contributed by atoms with Crippen LogP contribution in [0.5, 0.6) is 5.75 Å². The first-order valence-electron chi connectivity index (χ1n) is 8.63. The van der Waals surface area contributed by atoms with Crippen LogP contribution < -0.4 is 20.3 Å². The Morgan fingerprint density at radius 1 is 1.12 bits per heavy atom. The second-order valence-corrected chi connectivity index (χ2v) is 5.74. The molecule has 0 unspecified atom stereocenters. The monoisotopic (exact) mass is 360 g/mol. The van der Waals surface area contributed by atoms with Gasteiger partial charge in [-0.3, -0.25) is 0 Å². The maximum atomic E-state index is 8.96. The van der Waals surface area contributed by atoms with E-state index in [1.807, 2.05) is 24.3 Å². The topological polar surface area (TPSA) is 105 Å². The predicted molar refractivity (Wildman–Crippen MR) is 99.3 cm³/mol. The van der Waals surface area contributed by atoms with Crippen molar-refractivity contribution >= 4 is 23.5 Å². The highest BCUT2D eigenvalue weighted by molar-refractivity contribution is 5.57. The van der Waals surface area contributed by atoms with Gasteiger partial charge in [0.1, 0.15) is 5.75 Å². The minimum atomic E-state index is 0.116. The molecule has 0 bridgehead atoms. The lowest BCUT2D eigenvalue weighted by Gasteiger charge is -2.27. The number of hydrogen-bond donors (Lipinski definition) is 3. The molecule has 0 spiro atoms. The number of aliphatic hydroxyl groups excluding tert-OH is 1. The molecule has 26 heavy (non-hydrogen) atoms. The van der Waals surface area contributed by atoms with Gasteiger partial charge in [-0.2, -0.15) is 15.0 Å². The van der Waals surface area contributed by atoms with Crippen molar-refractivity contribution in [1.82, 2.24) is 15.0 Å². The first kappa shape index (κ1) is 18.2. The standard InChI is InChI=1S/C17H24N6O3/c1-25-14-5-3-13(4-6-14)19-16-20-15(18-7-2-10-24)21-17(22-16)23-8-11-26-12-9-23/h3-6,24H,2,7-12H2,1H3,(H2,18,19,20,21,22). The van der Waals surface area contributed by atoms with Gasteiger partial charge < -0.3 is 30.1 Å². The zero-order valence-electron chi connectivity index (χ0n) is 14.8. The van der Waals surface area contributed by atoms with E-state index in [0.717, 1.165) is 24.5 Å². The Morgan fingerprint density at radius 3 is 2.54 bits per heavy atom. The molecular formula is C17H24N6O3. The summed E-state index contributed by atoms with van der Waals surface area (Å²) in [4.78, 5) is 15.5. The van der Waals surface area contributed by atoms with E-state index in [2.05, 4.69) is 30.5 Å². The smallest absolute Gasteiger partial charge is 0.233 e. The van der Waals surface area contributed by atoms with Crippen LogP contribution in [0.3, 0.4) is 0 Å². The lowest BCUT2D eigenvalue weighted by Crippen LogP contribution is -2.37. The predicted octanol–water partition coefficient (Wildman–Crippen LogP) is 1.25. The first-order chi connectivity index (χ1) is 12.8. The second-order valence-electron chi connectivity index (χ2n) is 5.74. The molecule has 9 heteroatoms. The van der Waals surface area contributed by atoms with Crippen molar-refractivity contribution < 1.29 is 14.6 Å². The van der Waals surface area contributed by atoms with Crippen molar-refractivity contribution in [3.8, 4) is 5.75 Å². The van der Waals surface area contributed by atoms with E-state index in [9.17, 15) is 0 Å². The lowest BCUT2D eigenvalue weighted by molar-refractivity contribution is 0.122. The molecule has 2 aromatic rings. The molecule has 9 nitrogen and oxygen atoms in total. The first-order valence-corrected chi connectivity index (χ1v) is 8.63. The van der Waals surface area contributed by atoms with E-state index in [0.29, 0.717) is 44.0 Å². The molecule has 1 saturated heterocycles. The summed E-state index contributed by atoms with van der Waals surface area (Å²) < 4.78 is 10.6. The van der Waals surface area contributed by atoms with E-state index in [-0.39, 0.29) is 6.61 Å². The van der Waals surface area contributed by atoms with Crippen molar-refractivity contribution in [2.24, 2.45) is 0 Å². The third kappa shape index (κ3) is 4.93. The highest BCUT2D eigenvalue weighted by Crippen LogP contribution is 2.20. The number of benzene rings is 1. The van der Waals surface area contributed by atoms with Crippen LogP contribution in [0.15, 0.2) is 24.3 Å². The number of anilines is 4. The SMILES string of the molecule is COc1ccc(Nc2nc(NCCCO)nc(N3CCOCC3)n2)cc1. The Balaban J connectivity index is 1.80. The molecule has 0 radical (unpaired) electrons. The summed E-state index contributed by atoms with van der Waals surface area (Å²) in [5, 5.41) is 15.3. The largest absolute Gasteiger partial charge is 0.497 e. The molecule has 3 rings (SSSR count). The molecule has 2 heterocycles. The zero-order chi connectivity index (χ0) is 18.2. The molecule has 140 valence electrons. The molecule has 0 amide bonds. The number of aromatic nitrogens is 3. The van der Waals surface area contributed by atoms with Crippen LogP contribution in [0.2, 0.25) is 0 Å². The summed E-state index contributed by atoms with van der Waals surface area (Å²) in [6, 6.07) is 7.53. The van der Waals surface area contributed by atoms with E-state index in [1.54, 1.807) is 7.11 Å². The van der Waals surface area contributed by atoms with Crippen molar-refractivity contribution in [3.63, 3.8) is 0 Å². The summed E-state index contributed by atoms with van der Waals surface area (Å²) in [6.07, 6.45) is 0.625. The molecule has 1 aromatic heterocycles. The number of rotatable bonds is 8. The maximum absolute atomic E-state index is 8.96. The van der Waals surface area contributed by atoms with Gasteiger partial charge in [0, 0.05) is 31.9 Å². The van der Waals surface area contributed by atoms with Crippen LogP contribution >= 0.6 is 0 Å². The Bertz CT molecular complexity index is 691. The van der Waals surface area contributed by atoms with Crippen molar-refractivity contribution in [2.75, 3.05) is 62.1 Å². The van der Waals surface area contributed by atoms with Crippen molar-refractivity contribution in [3.05, 3.63) is 24.3 Å². The van der Waals surface area contributed by atoms with E-state index in [1.165, 1.54) is 0 Å². The number of hydrogen-bond acceptors (Lipinski definition) is 9. The fourth-order valence-corrected chi connectivity index (χ4v) is 2.49. The Kier molecular flexibility index (Phi) is 6.39. The van der Waals surface area contributed by atoms with Gasteiger partial charge >= 0.3 is 0 Å². The number of aliphatic hydroxyl groups is 1. The van der Waals surface area contributed by atoms with Crippen molar-refractivity contribution in [2.45, 2.75) is 6.42 Å². The molecular weight excluding hydrogens is 336 g/mol. The van der Waals surface area contributed by atoms with Gasteiger partial charge in [-0.15, -0.1) is 0 Å². The molecule has 1 fully saturated rings. The lowest BCUT2D eigenvalue weighted by atomic mass is 10.3. The molecule has 0 aliphatic carbocycles. The van der Waals surface area contributed by atoms with Gasteiger partial charge in [0.25, 0.3) is 0 Å². The Labute approximate surface area is 152 Å². The van der Waals surface area contributed by atoms with Crippen LogP contribution in [0.4, 0.5) is 23.5 Å².